The summed E-state index contributed by atoms with van der Waals surface area (Å²) in [6.07, 6.45) is 0.735. The number of ether oxygens (including phenoxy) is 3. The molecule has 0 radical (unpaired) electrons. The highest BCUT2D eigenvalue weighted by Gasteiger charge is 2.32. The van der Waals surface area contributed by atoms with Crippen LogP contribution in [-0.2, 0) is 0 Å². The lowest BCUT2D eigenvalue weighted by atomic mass is 9.98. The first kappa shape index (κ1) is 21.9. The molecule has 2 aliphatic heterocycles. The van der Waals surface area contributed by atoms with Crippen LogP contribution >= 0.6 is 22.9 Å². The molecule has 0 spiro atoms. The van der Waals surface area contributed by atoms with Gasteiger partial charge in [0, 0.05) is 22.4 Å². The monoisotopic (exact) mass is 503 g/mol. The van der Waals surface area contributed by atoms with E-state index in [1.807, 2.05) is 59.6 Å². The average molecular weight is 504 g/mol. The molecule has 0 saturated heterocycles. The highest BCUT2D eigenvalue weighted by molar-refractivity contribution is 7.14. The van der Waals surface area contributed by atoms with Gasteiger partial charge in [0.25, 0.3) is 0 Å². The summed E-state index contributed by atoms with van der Waals surface area (Å²) >= 11 is 7.70. The normalized spacial score (nSPS) is 16.8. The summed E-state index contributed by atoms with van der Waals surface area (Å²) in [5, 5.41) is 10.6. The number of halogens is 1. The minimum Gasteiger partial charge on any atom is -0.497 e. The van der Waals surface area contributed by atoms with E-state index >= 15 is 0 Å². The molecule has 0 N–H and O–H groups in total. The van der Waals surface area contributed by atoms with Crippen LogP contribution in [0.2, 0.25) is 5.02 Å². The lowest BCUT2D eigenvalue weighted by Crippen LogP contribution is -2.20. The molecular formula is C27H22ClN3O3S. The molecule has 1 unspecified atom stereocenters. The first-order valence-corrected chi connectivity index (χ1v) is 12.6. The molecule has 0 bridgehead atoms. The van der Waals surface area contributed by atoms with Crippen molar-refractivity contribution in [1.82, 2.24) is 4.98 Å². The molecule has 0 aliphatic carbocycles. The summed E-state index contributed by atoms with van der Waals surface area (Å²) in [5.41, 5.74) is 5.08. The van der Waals surface area contributed by atoms with Crippen LogP contribution in [0.5, 0.6) is 17.2 Å². The predicted molar refractivity (Wildman–Crippen MR) is 139 cm³/mol. The third kappa shape index (κ3) is 4.33. The topological polar surface area (TPSA) is 56.2 Å². The van der Waals surface area contributed by atoms with Crippen molar-refractivity contribution in [2.75, 3.05) is 25.3 Å². The van der Waals surface area contributed by atoms with Crippen LogP contribution in [0.25, 0.3) is 11.3 Å². The van der Waals surface area contributed by atoms with Gasteiger partial charge in [-0.1, -0.05) is 29.8 Å². The fourth-order valence-corrected chi connectivity index (χ4v) is 5.25. The number of hydrazone groups is 1. The number of anilines is 1. The van der Waals surface area contributed by atoms with Gasteiger partial charge in [-0.3, -0.25) is 0 Å². The Bertz CT molecular complexity index is 1390. The van der Waals surface area contributed by atoms with E-state index in [1.54, 1.807) is 18.4 Å². The number of thiazole rings is 1. The lowest BCUT2D eigenvalue weighted by Gasteiger charge is -2.24. The number of rotatable bonds is 5. The number of hydrogen-bond donors (Lipinski definition) is 0. The first-order valence-electron chi connectivity index (χ1n) is 11.3. The second-order valence-corrected chi connectivity index (χ2v) is 9.54. The van der Waals surface area contributed by atoms with E-state index in [0.717, 1.165) is 56.9 Å². The maximum Gasteiger partial charge on any atom is 0.207 e. The Morgan fingerprint density at radius 2 is 1.69 bits per heavy atom. The summed E-state index contributed by atoms with van der Waals surface area (Å²) in [6.45, 7) is 1.12. The SMILES string of the molecule is COc1ccc(-c2csc(N3N=C(c4ccc(Cl)cc4)CC3c3ccc4c(c3)OCCO4)n2)cc1. The fourth-order valence-electron chi connectivity index (χ4n) is 4.29. The van der Waals surface area contributed by atoms with Gasteiger partial charge in [0.1, 0.15) is 19.0 Å². The van der Waals surface area contributed by atoms with Crippen LogP contribution < -0.4 is 19.2 Å². The Balaban J connectivity index is 1.37. The Morgan fingerprint density at radius 1 is 0.943 bits per heavy atom. The van der Waals surface area contributed by atoms with Crippen molar-refractivity contribution in [1.29, 1.82) is 0 Å². The van der Waals surface area contributed by atoms with Gasteiger partial charge in [-0.15, -0.1) is 11.3 Å². The first-order chi connectivity index (χ1) is 17.2. The highest BCUT2D eigenvalue weighted by Crippen LogP contribution is 2.42. The molecule has 8 heteroatoms. The third-order valence-corrected chi connectivity index (χ3v) is 7.19. The molecule has 0 amide bonds. The van der Waals surface area contributed by atoms with Gasteiger partial charge in [0.2, 0.25) is 5.13 Å². The van der Waals surface area contributed by atoms with E-state index in [0.29, 0.717) is 18.2 Å². The van der Waals surface area contributed by atoms with Crippen molar-refractivity contribution in [2.45, 2.75) is 12.5 Å². The molecule has 1 atom stereocenters. The second-order valence-electron chi connectivity index (χ2n) is 8.26. The zero-order chi connectivity index (χ0) is 23.8. The largest absolute Gasteiger partial charge is 0.497 e. The average Bonchev–Trinajstić information content (AvgIpc) is 3.57. The van der Waals surface area contributed by atoms with E-state index in [-0.39, 0.29) is 6.04 Å². The Kier molecular flexibility index (Phi) is 5.80. The molecule has 3 heterocycles. The Hall–Kier alpha value is -3.55. The number of methoxy groups -OCH3 is 1. The lowest BCUT2D eigenvalue weighted by molar-refractivity contribution is 0.171. The maximum absolute atomic E-state index is 6.12. The van der Waals surface area contributed by atoms with E-state index in [9.17, 15) is 0 Å². The summed E-state index contributed by atoms with van der Waals surface area (Å²) < 4.78 is 16.9. The number of aromatic nitrogens is 1. The number of benzene rings is 3. The van der Waals surface area contributed by atoms with Crippen molar-refractivity contribution < 1.29 is 14.2 Å². The molecule has 6 nitrogen and oxygen atoms in total. The Morgan fingerprint density at radius 3 is 2.46 bits per heavy atom. The molecule has 4 aromatic rings. The summed E-state index contributed by atoms with van der Waals surface area (Å²) in [6, 6.07) is 21.8. The minimum absolute atomic E-state index is 0.0219. The van der Waals surface area contributed by atoms with E-state index < -0.39 is 0 Å². The van der Waals surface area contributed by atoms with Crippen LogP contribution in [0, 0.1) is 0 Å². The highest BCUT2D eigenvalue weighted by atomic mass is 35.5. The molecule has 35 heavy (non-hydrogen) atoms. The molecule has 3 aromatic carbocycles. The molecular weight excluding hydrogens is 482 g/mol. The quantitative estimate of drug-likeness (QED) is 0.307. The number of hydrogen-bond acceptors (Lipinski definition) is 7. The molecule has 2 aliphatic rings. The van der Waals surface area contributed by atoms with Gasteiger partial charge in [-0.25, -0.2) is 9.99 Å². The van der Waals surface area contributed by atoms with E-state index in [1.165, 1.54) is 0 Å². The summed E-state index contributed by atoms with van der Waals surface area (Å²) in [4.78, 5) is 4.94. The molecule has 176 valence electrons. The van der Waals surface area contributed by atoms with Crippen molar-refractivity contribution in [3.05, 3.63) is 88.3 Å². The molecule has 1 aromatic heterocycles. The van der Waals surface area contributed by atoms with Gasteiger partial charge in [-0.05, 0) is 59.7 Å². The predicted octanol–water partition coefficient (Wildman–Crippen LogP) is 6.60. The van der Waals surface area contributed by atoms with Crippen molar-refractivity contribution in [3.8, 4) is 28.5 Å². The number of nitrogens with zero attached hydrogens (tertiary/aromatic N) is 3. The van der Waals surface area contributed by atoms with Crippen LogP contribution in [0.4, 0.5) is 5.13 Å². The minimum atomic E-state index is -0.0219. The molecule has 0 saturated carbocycles. The second kappa shape index (κ2) is 9.24. The molecule has 6 rings (SSSR count). The summed E-state index contributed by atoms with van der Waals surface area (Å²) in [5.74, 6) is 2.37. The number of fused-ring (bicyclic) bond motifs is 1. The van der Waals surface area contributed by atoms with Gasteiger partial charge in [0.15, 0.2) is 11.5 Å². The summed E-state index contributed by atoms with van der Waals surface area (Å²) in [7, 11) is 1.66. The van der Waals surface area contributed by atoms with Crippen molar-refractivity contribution in [3.63, 3.8) is 0 Å². The van der Waals surface area contributed by atoms with Gasteiger partial charge >= 0.3 is 0 Å². The van der Waals surface area contributed by atoms with Crippen molar-refractivity contribution in [2.24, 2.45) is 5.10 Å². The van der Waals surface area contributed by atoms with Gasteiger partial charge < -0.3 is 14.2 Å². The van der Waals surface area contributed by atoms with Crippen LogP contribution in [0.15, 0.2) is 77.2 Å². The zero-order valence-corrected chi connectivity index (χ0v) is 20.6. The van der Waals surface area contributed by atoms with E-state index in [2.05, 4.69) is 17.5 Å². The van der Waals surface area contributed by atoms with Crippen LogP contribution in [0.3, 0.4) is 0 Å². The van der Waals surface area contributed by atoms with Crippen LogP contribution in [-0.4, -0.2) is 31.0 Å². The fraction of sp³-hybridized carbons (Fsp3) is 0.185. The van der Waals surface area contributed by atoms with Gasteiger partial charge in [0.05, 0.1) is 24.6 Å². The standard InChI is InChI=1S/C27H22ClN3O3S/c1-32-21-9-4-18(5-10-21)23-16-35-27(29-23)31-24(15-22(30-31)17-2-7-20(28)8-3-17)19-6-11-25-26(14-19)34-13-12-33-25/h2-11,14,16,24H,12-13,15H2,1H3. The van der Waals surface area contributed by atoms with Crippen LogP contribution in [0.1, 0.15) is 23.6 Å². The Labute approximate surface area is 212 Å². The smallest absolute Gasteiger partial charge is 0.207 e. The van der Waals surface area contributed by atoms with E-state index in [4.69, 9.17) is 35.9 Å². The van der Waals surface area contributed by atoms with Gasteiger partial charge in [-0.2, -0.15) is 5.10 Å². The third-order valence-electron chi connectivity index (χ3n) is 6.11. The zero-order valence-electron chi connectivity index (χ0n) is 19.0. The van der Waals surface area contributed by atoms with Crippen molar-refractivity contribution >= 4 is 33.8 Å². The molecule has 0 fully saturated rings. The maximum atomic E-state index is 6.12.